The van der Waals surface area contributed by atoms with Crippen LogP contribution < -0.4 is 5.32 Å². The number of benzene rings is 2. The monoisotopic (exact) mass is 391 g/mol. The molecule has 28 heavy (non-hydrogen) atoms. The van der Waals surface area contributed by atoms with Crippen LogP contribution >= 0.6 is 11.8 Å². The lowest BCUT2D eigenvalue weighted by molar-refractivity contribution is -0.115. The molecule has 0 unspecified atom stereocenters. The number of halogens is 1. The second-order valence-corrected chi connectivity index (χ2v) is 7.49. The lowest BCUT2D eigenvalue weighted by Gasteiger charge is -2.09. The van der Waals surface area contributed by atoms with Crippen molar-refractivity contribution in [3.05, 3.63) is 88.3 Å². The third-order valence-corrected chi connectivity index (χ3v) is 5.39. The molecule has 0 bridgehead atoms. The SMILES string of the molecule is Cc1cc(/C=C2\SC(=Nc3ccccc3)NC2=O)c(C)n1-c1ccc(F)cc1. The molecule has 1 aliphatic heterocycles. The molecule has 1 saturated heterocycles. The Labute approximate surface area is 166 Å². The number of amidine groups is 1. The summed E-state index contributed by atoms with van der Waals surface area (Å²) in [7, 11) is 0. The van der Waals surface area contributed by atoms with Crippen LogP contribution in [0.5, 0.6) is 0 Å². The normalized spacial score (nSPS) is 16.8. The summed E-state index contributed by atoms with van der Waals surface area (Å²) in [4.78, 5) is 17.4. The number of carbonyl (C=O) groups excluding carboxylic acids is 1. The molecule has 6 heteroatoms. The molecule has 1 amide bonds. The Morgan fingerprint density at radius 1 is 1.07 bits per heavy atom. The number of aliphatic imine (C=N–C) groups is 1. The van der Waals surface area contributed by atoms with Gasteiger partial charge in [0, 0.05) is 17.1 Å². The Morgan fingerprint density at radius 2 is 1.79 bits per heavy atom. The van der Waals surface area contributed by atoms with Gasteiger partial charge in [-0.1, -0.05) is 18.2 Å². The van der Waals surface area contributed by atoms with Gasteiger partial charge in [0.15, 0.2) is 5.17 Å². The van der Waals surface area contributed by atoms with Gasteiger partial charge in [0.2, 0.25) is 0 Å². The van der Waals surface area contributed by atoms with Crippen molar-refractivity contribution >= 4 is 34.6 Å². The highest BCUT2D eigenvalue weighted by atomic mass is 32.2. The quantitative estimate of drug-likeness (QED) is 0.630. The topological polar surface area (TPSA) is 46.4 Å². The lowest BCUT2D eigenvalue weighted by atomic mass is 10.2. The Hall–Kier alpha value is -3.12. The first kappa shape index (κ1) is 18.3. The van der Waals surface area contributed by atoms with Crippen molar-refractivity contribution in [3.63, 3.8) is 0 Å². The third-order valence-electron chi connectivity index (χ3n) is 4.48. The number of nitrogens with zero attached hydrogens (tertiary/aromatic N) is 2. The lowest BCUT2D eigenvalue weighted by Crippen LogP contribution is -2.19. The van der Waals surface area contributed by atoms with E-state index in [4.69, 9.17) is 0 Å². The maximum atomic E-state index is 13.2. The van der Waals surface area contributed by atoms with Crippen LogP contribution in [0, 0.1) is 19.7 Å². The fourth-order valence-electron chi connectivity index (χ4n) is 3.16. The molecule has 2 heterocycles. The minimum Gasteiger partial charge on any atom is -0.318 e. The molecule has 1 fully saturated rings. The van der Waals surface area contributed by atoms with E-state index in [0.717, 1.165) is 28.3 Å². The van der Waals surface area contributed by atoms with E-state index in [2.05, 4.69) is 10.3 Å². The van der Waals surface area contributed by atoms with Crippen molar-refractivity contribution in [1.82, 2.24) is 9.88 Å². The molecule has 1 aliphatic rings. The van der Waals surface area contributed by atoms with Crippen LogP contribution in [-0.4, -0.2) is 15.6 Å². The van der Waals surface area contributed by atoms with E-state index in [-0.39, 0.29) is 11.7 Å². The second-order valence-electron chi connectivity index (χ2n) is 6.46. The van der Waals surface area contributed by atoms with Crippen LogP contribution in [0.1, 0.15) is 17.0 Å². The summed E-state index contributed by atoms with van der Waals surface area (Å²) < 4.78 is 15.3. The summed E-state index contributed by atoms with van der Waals surface area (Å²) in [5, 5.41) is 3.37. The molecule has 140 valence electrons. The Bertz CT molecular complexity index is 1100. The Morgan fingerprint density at radius 3 is 2.50 bits per heavy atom. The Kier molecular flexibility index (Phi) is 4.88. The van der Waals surface area contributed by atoms with E-state index in [1.54, 1.807) is 12.1 Å². The van der Waals surface area contributed by atoms with Crippen LogP contribution in [0.4, 0.5) is 10.1 Å². The molecule has 4 nitrogen and oxygen atoms in total. The molecule has 0 aliphatic carbocycles. The molecular weight excluding hydrogens is 373 g/mol. The zero-order chi connectivity index (χ0) is 19.7. The first-order valence-corrected chi connectivity index (χ1v) is 9.62. The summed E-state index contributed by atoms with van der Waals surface area (Å²) in [6, 6.07) is 17.9. The number of para-hydroxylation sites is 1. The van der Waals surface area contributed by atoms with Gasteiger partial charge in [-0.25, -0.2) is 9.38 Å². The van der Waals surface area contributed by atoms with Crippen LogP contribution in [0.3, 0.4) is 0 Å². The van der Waals surface area contributed by atoms with E-state index < -0.39 is 0 Å². The summed E-state index contributed by atoms with van der Waals surface area (Å²) in [6.07, 6.45) is 1.87. The molecule has 0 radical (unpaired) electrons. The molecule has 0 atom stereocenters. The number of thioether (sulfide) groups is 1. The largest absolute Gasteiger partial charge is 0.318 e. The minimum absolute atomic E-state index is 0.161. The van der Waals surface area contributed by atoms with E-state index >= 15 is 0 Å². The predicted octanol–water partition coefficient (Wildman–Crippen LogP) is 5.12. The fourth-order valence-corrected chi connectivity index (χ4v) is 4.00. The highest BCUT2D eigenvalue weighted by Gasteiger charge is 2.24. The standard InChI is InChI=1S/C22H18FN3OS/c1-14-12-16(15(2)26(14)19-10-8-17(23)9-11-19)13-20-21(27)25-22(28-20)24-18-6-4-3-5-7-18/h3-13H,1-2H3,(H,24,25,27)/b20-13-. The number of aromatic nitrogens is 1. The average Bonchev–Trinajstić information content (AvgIpc) is 3.16. The van der Waals surface area contributed by atoms with Crippen LogP contribution in [0.15, 0.2) is 70.6 Å². The van der Waals surface area contributed by atoms with E-state index in [1.807, 2.05) is 60.9 Å². The van der Waals surface area contributed by atoms with E-state index in [9.17, 15) is 9.18 Å². The summed E-state index contributed by atoms with van der Waals surface area (Å²) in [6.45, 7) is 3.97. The summed E-state index contributed by atoms with van der Waals surface area (Å²) in [5.74, 6) is -0.427. The zero-order valence-corrected chi connectivity index (χ0v) is 16.3. The van der Waals surface area contributed by atoms with Crippen molar-refractivity contribution < 1.29 is 9.18 Å². The average molecular weight is 391 g/mol. The maximum Gasteiger partial charge on any atom is 0.264 e. The van der Waals surface area contributed by atoms with Gasteiger partial charge in [-0.05, 0) is 79.7 Å². The molecule has 0 saturated carbocycles. The van der Waals surface area contributed by atoms with Gasteiger partial charge in [0.1, 0.15) is 5.82 Å². The number of hydrogen-bond acceptors (Lipinski definition) is 3. The molecule has 3 aromatic rings. The molecule has 0 spiro atoms. The molecule has 4 rings (SSSR count). The van der Waals surface area contributed by atoms with Crippen LogP contribution in [-0.2, 0) is 4.79 Å². The van der Waals surface area contributed by atoms with Crippen LogP contribution in [0.25, 0.3) is 11.8 Å². The molecule has 1 aromatic heterocycles. The van der Waals surface area contributed by atoms with Gasteiger partial charge >= 0.3 is 0 Å². The smallest absolute Gasteiger partial charge is 0.264 e. The van der Waals surface area contributed by atoms with Crippen LogP contribution in [0.2, 0.25) is 0 Å². The van der Waals surface area contributed by atoms with E-state index in [1.165, 1.54) is 23.9 Å². The molecule has 1 N–H and O–H groups in total. The van der Waals surface area contributed by atoms with Gasteiger partial charge in [0.05, 0.1) is 10.6 Å². The van der Waals surface area contributed by atoms with Crippen molar-refractivity contribution in [2.24, 2.45) is 4.99 Å². The first-order valence-electron chi connectivity index (χ1n) is 8.81. The van der Waals surface area contributed by atoms with Gasteiger partial charge in [-0.15, -0.1) is 0 Å². The molecular formula is C22H18FN3OS. The van der Waals surface area contributed by atoms with Gasteiger partial charge < -0.3 is 9.88 Å². The van der Waals surface area contributed by atoms with Gasteiger partial charge in [0.25, 0.3) is 5.91 Å². The third kappa shape index (κ3) is 3.64. The molecule has 2 aromatic carbocycles. The number of amides is 1. The predicted molar refractivity (Wildman–Crippen MR) is 112 cm³/mol. The summed E-state index contributed by atoms with van der Waals surface area (Å²) >= 11 is 1.32. The summed E-state index contributed by atoms with van der Waals surface area (Å²) in [5.41, 5.74) is 4.62. The van der Waals surface area contributed by atoms with Gasteiger partial charge in [-0.3, -0.25) is 4.79 Å². The second kappa shape index (κ2) is 7.48. The van der Waals surface area contributed by atoms with Crippen molar-refractivity contribution in [1.29, 1.82) is 0 Å². The minimum atomic E-state index is -0.266. The van der Waals surface area contributed by atoms with Crippen molar-refractivity contribution in [2.45, 2.75) is 13.8 Å². The van der Waals surface area contributed by atoms with Gasteiger partial charge in [-0.2, -0.15) is 0 Å². The number of rotatable bonds is 3. The van der Waals surface area contributed by atoms with Crippen molar-refractivity contribution in [2.75, 3.05) is 0 Å². The highest BCUT2D eigenvalue weighted by Crippen LogP contribution is 2.30. The van der Waals surface area contributed by atoms with E-state index in [0.29, 0.717) is 10.1 Å². The fraction of sp³-hybridized carbons (Fsp3) is 0.0909. The number of hydrogen-bond donors (Lipinski definition) is 1. The highest BCUT2D eigenvalue weighted by molar-refractivity contribution is 8.18. The maximum absolute atomic E-state index is 13.2. The number of carbonyl (C=O) groups is 1. The zero-order valence-electron chi connectivity index (χ0n) is 15.4. The first-order chi connectivity index (χ1) is 13.5. The number of aryl methyl sites for hydroxylation is 1. The number of nitrogens with one attached hydrogen (secondary N) is 1. The van der Waals surface area contributed by atoms with Crippen molar-refractivity contribution in [3.8, 4) is 5.69 Å². The Balaban J connectivity index is 1.64.